The molecule has 4 heterocycles. The summed E-state index contributed by atoms with van der Waals surface area (Å²) in [6.07, 6.45) is 3.69. The van der Waals surface area contributed by atoms with Gasteiger partial charge in [-0.3, -0.25) is 9.97 Å². The number of fused-ring (bicyclic) bond motifs is 2. The molecule has 4 heteroatoms. The van der Waals surface area contributed by atoms with Gasteiger partial charge in [0.25, 0.3) is 0 Å². The molecule has 0 radical (unpaired) electrons. The van der Waals surface area contributed by atoms with Crippen molar-refractivity contribution in [3.63, 3.8) is 0 Å². The lowest BCUT2D eigenvalue weighted by Gasteiger charge is -2.14. The van der Waals surface area contributed by atoms with Crippen LogP contribution in [0.2, 0.25) is 0 Å². The largest absolute Gasteiger partial charge is 0.308 e. The van der Waals surface area contributed by atoms with Crippen LogP contribution in [0.15, 0.2) is 134 Å². The SMILES string of the molecule is c1ccc(-c2cc3ccccc3n2-c2ccc(-n3c(-c4ccccn4)cc4ccccc43)cc2)nc1. The lowest BCUT2D eigenvalue weighted by Crippen LogP contribution is -2.00. The molecule has 3 aromatic carbocycles. The van der Waals surface area contributed by atoms with Crippen LogP contribution >= 0.6 is 0 Å². The topological polar surface area (TPSA) is 35.6 Å². The van der Waals surface area contributed by atoms with Gasteiger partial charge in [0.15, 0.2) is 0 Å². The smallest absolute Gasteiger partial charge is 0.0870 e. The van der Waals surface area contributed by atoms with E-state index in [-0.39, 0.29) is 0 Å². The van der Waals surface area contributed by atoms with E-state index in [0.29, 0.717) is 0 Å². The third-order valence-corrected chi connectivity index (χ3v) is 6.64. The lowest BCUT2D eigenvalue weighted by molar-refractivity contribution is 1.09. The Labute approximate surface area is 208 Å². The Bertz CT molecular complexity index is 1680. The van der Waals surface area contributed by atoms with Crippen molar-refractivity contribution in [2.24, 2.45) is 0 Å². The van der Waals surface area contributed by atoms with Gasteiger partial charge in [-0.15, -0.1) is 0 Å². The summed E-state index contributed by atoms with van der Waals surface area (Å²) < 4.78 is 4.57. The van der Waals surface area contributed by atoms with Crippen LogP contribution in [-0.2, 0) is 0 Å². The highest BCUT2D eigenvalue weighted by molar-refractivity contribution is 5.90. The monoisotopic (exact) mass is 462 g/mol. The number of aromatic nitrogens is 4. The molecule has 0 atom stereocenters. The van der Waals surface area contributed by atoms with Gasteiger partial charge in [0.05, 0.1) is 33.8 Å². The van der Waals surface area contributed by atoms with Crippen molar-refractivity contribution in [1.82, 2.24) is 19.1 Å². The summed E-state index contributed by atoms with van der Waals surface area (Å²) in [5.74, 6) is 0. The highest BCUT2D eigenvalue weighted by Gasteiger charge is 2.15. The molecule has 0 aliphatic heterocycles. The number of benzene rings is 3. The van der Waals surface area contributed by atoms with Gasteiger partial charge in [0.2, 0.25) is 0 Å². The fraction of sp³-hybridized carbons (Fsp3) is 0. The molecule has 0 saturated carbocycles. The predicted molar refractivity (Wildman–Crippen MR) is 147 cm³/mol. The van der Waals surface area contributed by atoms with E-state index >= 15 is 0 Å². The summed E-state index contributed by atoms with van der Waals surface area (Å²) >= 11 is 0. The van der Waals surface area contributed by atoms with Gasteiger partial charge in [-0.1, -0.05) is 48.5 Å². The maximum atomic E-state index is 4.64. The van der Waals surface area contributed by atoms with Gasteiger partial charge < -0.3 is 9.13 Å². The van der Waals surface area contributed by atoms with Crippen molar-refractivity contribution in [2.75, 3.05) is 0 Å². The lowest BCUT2D eigenvalue weighted by atomic mass is 10.2. The van der Waals surface area contributed by atoms with Crippen LogP contribution in [0, 0.1) is 0 Å². The Balaban J connectivity index is 1.41. The molecule has 0 N–H and O–H groups in total. The van der Waals surface area contributed by atoms with E-state index in [1.807, 2.05) is 36.7 Å². The standard InChI is InChI=1S/C32H22N4/c1-3-13-29-23(9-1)21-31(27-11-5-7-19-33-27)35(29)25-15-17-26(18-16-25)36-30-14-4-2-10-24(30)22-32(36)28-12-6-8-20-34-28/h1-22H. The summed E-state index contributed by atoms with van der Waals surface area (Å²) in [5.41, 5.74) is 8.55. The third kappa shape index (κ3) is 3.31. The first kappa shape index (κ1) is 20.4. The first-order chi connectivity index (χ1) is 17.9. The van der Waals surface area contributed by atoms with Crippen molar-refractivity contribution >= 4 is 21.8 Å². The predicted octanol–water partition coefficient (Wildman–Crippen LogP) is 7.70. The van der Waals surface area contributed by atoms with E-state index in [1.165, 1.54) is 10.8 Å². The average molecular weight is 463 g/mol. The van der Waals surface area contributed by atoms with Crippen molar-refractivity contribution in [3.8, 4) is 34.2 Å². The molecule has 170 valence electrons. The number of pyridine rings is 2. The Morgan fingerprint density at radius 1 is 0.417 bits per heavy atom. The minimum atomic E-state index is 0.951. The molecule has 4 nitrogen and oxygen atoms in total. The Kier molecular flexibility index (Phi) is 4.74. The molecule has 0 fully saturated rings. The fourth-order valence-electron chi connectivity index (χ4n) is 5.02. The summed E-state index contributed by atoms with van der Waals surface area (Å²) in [6, 6.07) is 42.2. The molecule has 0 aliphatic rings. The van der Waals surface area contributed by atoms with Gasteiger partial charge >= 0.3 is 0 Å². The van der Waals surface area contributed by atoms with E-state index in [4.69, 9.17) is 0 Å². The maximum Gasteiger partial charge on any atom is 0.0870 e. The van der Waals surface area contributed by atoms with Crippen LogP contribution in [-0.4, -0.2) is 19.1 Å². The second-order valence-electron chi connectivity index (χ2n) is 8.79. The van der Waals surface area contributed by atoms with Gasteiger partial charge in [-0.2, -0.15) is 0 Å². The average Bonchev–Trinajstić information content (AvgIpc) is 3.53. The Hall–Kier alpha value is -4.96. The zero-order valence-electron chi connectivity index (χ0n) is 19.5. The molecule has 7 aromatic rings. The van der Waals surface area contributed by atoms with Crippen molar-refractivity contribution in [2.45, 2.75) is 0 Å². The minimum absolute atomic E-state index is 0.951. The third-order valence-electron chi connectivity index (χ3n) is 6.64. The molecule has 0 bridgehead atoms. The molecule has 0 unspecified atom stereocenters. The van der Waals surface area contributed by atoms with Crippen LogP contribution in [0.25, 0.3) is 56.0 Å². The summed E-state index contributed by atoms with van der Waals surface area (Å²) in [5, 5.41) is 2.38. The normalized spacial score (nSPS) is 11.3. The van der Waals surface area contributed by atoms with E-state index < -0.39 is 0 Å². The maximum absolute atomic E-state index is 4.64. The van der Waals surface area contributed by atoms with Gasteiger partial charge in [-0.05, 0) is 72.8 Å². The molecule has 0 saturated heterocycles. The Morgan fingerprint density at radius 2 is 0.833 bits per heavy atom. The number of nitrogens with zero attached hydrogens (tertiary/aromatic N) is 4. The highest BCUT2D eigenvalue weighted by atomic mass is 15.0. The molecule has 4 aromatic heterocycles. The van der Waals surface area contributed by atoms with Crippen molar-refractivity contribution in [1.29, 1.82) is 0 Å². The van der Waals surface area contributed by atoms with Crippen LogP contribution in [0.4, 0.5) is 0 Å². The Morgan fingerprint density at radius 3 is 1.25 bits per heavy atom. The van der Waals surface area contributed by atoms with Gasteiger partial charge in [0, 0.05) is 34.5 Å². The van der Waals surface area contributed by atoms with Crippen molar-refractivity contribution in [3.05, 3.63) is 134 Å². The zero-order chi connectivity index (χ0) is 23.9. The number of rotatable bonds is 4. The number of hydrogen-bond acceptors (Lipinski definition) is 2. The molecular formula is C32H22N4. The zero-order valence-corrected chi connectivity index (χ0v) is 19.5. The van der Waals surface area contributed by atoms with Crippen LogP contribution in [0.3, 0.4) is 0 Å². The van der Waals surface area contributed by atoms with E-state index in [9.17, 15) is 0 Å². The quantitative estimate of drug-likeness (QED) is 0.269. The number of para-hydroxylation sites is 2. The molecule has 0 aliphatic carbocycles. The molecular weight excluding hydrogens is 440 g/mol. The fourth-order valence-corrected chi connectivity index (χ4v) is 5.02. The molecule has 0 amide bonds. The first-order valence-corrected chi connectivity index (χ1v) is 12.0. The minimum Gasteiger partial charge on any atom is -0.308 e. The summed E-state index contributed by atoms with van der Waals surface area (Å²) in [7, 11) is 0. The molecule has 36 heavy (non-hydrogen) atoms. The van der Waals surface area contributed by atoms with Gasteiger partial charge in [-0.25, -0.2) is 0 Å². The van der Waals surface area contributed by atoms with E-state index in [1.54, 1.807) is 0 Å². The summed E-state index contributed by atoms with van der Waals surface area (Å²) in [4.78, 5) is 9.27. The molecule has 7 rings (SSSR count). The van der Waals surface area contributed by atoms with Crippen molar-refractivity contribution < 1.29 is 0 Å². The second-order valence-corrected chi connectivity index (χ2v) is 8.79. The number of hydrogen-bond donors (Lipinski definition) is 0. The van der Waals surface area contributed by atoms with E-state index in [2.05, 4.69) is 116 Å². The first-order valence-electron chi connectivity index (χ1n) is 12.0. The van der Waals surface area contributed by atoms with Crippen LogP contribution < -0.4 is 0 Å². The van der Waals surface area contributed by atoms with Gasteiger partial charge in [0.1, 0.15) is 0 Å². The van der Waals surface area contributed by atoms with E-state index in [0.717, 1.165) is 45.2 Å². The van der Waals surface area contributed by atoms with Crippen LogP contribution in [0.5, 0.6) is 0 Å². The second kappa shape index (κ2) is 8.36. The summed E-state index contributed by atoms with van der Waals surface area (Å²) in [6.45, 7) is 0. The van der Waals surface area contributed by atoms with Crippen LogP contribution in [0.1, 0.15) is 0 Å². The molecule has 0 spiro atoms. The highest BCUT2D eigenvalue weighted by Crippen LogP contribution is 2.33.